The van der Waals surface area contributed by atoms with Gasteiger partial charge in [-0.2, -0.15) is 0 Å². The highest BCUT2D eigenvalue weighted by Crippen LogP contribution is 2.10. The first kappa shape index (κ1) is 7.52. The molecule has 0 aliphatic rings. The number of pyridine rings is 1. The van der Waals surface area contributed by atoms with Crippen LogP contribution in [0.25, 0.3) is 5.65 Å². The van der Waals surface area contributed by atoms with Crippen molar-refractivity contribution in [3.8, 4) is 0 Å². The van der Waals surface area contributed by atoms with Gasteiger partial charge in [0.05, 0.1) is 11.6 Å². The molecule has 0 fully saturated rings. The molecule has 2 rings (SSSR count). The smallest absolute Gasteiger partial charge is 0.160 e. The van der Waals surface area contributed by atoms with Gasteiger partial charge in [0, 0.05) is 6.20 Å². The molecule has 0 spiro atoms. The van der Waals surface area contributed by atoms with Gasteiger partial charge in [-0.15, -0.1) is 10.2 Å². The zero-order chi connectivity index (χ0) is 8.55. The fourth-order valence-electron chi connectivity index (χ4n) is 1.05. The van der Waals surface area contributed by atoms with E-state index in [2.05, 4.69) is 10.2 Å². The number of rotatable bonds is 1. The third kappa shape index (κ3) is 1.05. The van der Waals surface area contributed by atoms with E-state index in [0.29, 0.717) is 17.4 Å². The van der Waals surface area contributed by atoms with Crippen LogP contribution in [0.3, 0.4) is 0 Å². The number of hydrogen-bond acceptors (Lipinski definition) is 3. The third-order valence-corrected chi connectivity index (χ3v) is 1.84. The predicted molar refractivity (Wildman–Crippen MR) is 45.9 cm³/mol. The SMILES string of the molecule is NCc1nnc2ccc(Cl)cn12. The first-order valence-electron chi connectivity index (χ1n) is 3.50. The maximum Gasteiger partial charge on any atom is 0.160 e. The van der Waals surface area contributed by atoms with Crippen LogP contribution in [0.1, 0.15) is 5.82 Å². The van der Waals surface area contributed by atoms with Crippen molar-refractivity contribution < 1.29 is 0 Å². The summed E-state index contributed by atoms with van der Waals surface area (Å²) < 4.78 is 1.78. The Balaban J connectivity index is 2.75. The summed E-state index contributed by atoms with van der Waals surface area (Å²) in [5, 5.41) is 8.44. The molecule has 0 aliphatic carbocycles. The van der Waals surface area contributed by atoms with Gasteiger partial charge in [-0.25, -0.2) is 0 Å². The summed E-state index contributed by atoms with van der Waals surface area (Å²) in [6.45, 7) is 0.363. The molecule has 5 heteroatoms. The number of nitrogens with zero attached hydrogens (tertiary/aromatic N) is 3. The highest BCUT2D eigenvalue weighted by atomic mass is 35.5. The van der Waals surface area contributed by atoms with Crippen LogP contribution in [-0.2, 0) is 6.54 Å². The van der Waals surface area contributed by atoms with Gasteiger partial charge in [0.1, 0.15) is 0 Å². The molecule has 2 aromatic rings. The van der Waals surface area contributed by atoms with Crippen LogP contribution in [0.2, 0.25) is 5.02 Å². The molecule has 2 aromatic heterocycles. The molecule has 0 aromatic carbocycles. The van der Waals surface area contributed by atoms with Crippen LogP contribution in [0.5, 0.6) is 0 Å². The summed E-state index contributed by atoms with van der Waals surface area (Å²) in [4.78, 5) is 0. The largest absolute Gasteiger partial charge is 0.324 e. The highest BCUT2D eigenvalue weighted by Gasteiger charge is 2.02. The Morgan fingerprint density at radius 3 is 3.00 bits per heavy atom. The van der Waals surface area contributed by atoms with E-state index < -0.39 is 0 Å². The lowest BCUT2D eigenvalue weighted by Gasteiger charge is -1.95. The van der Waals surface area contributed by atoms with Crippen LogP contribution in [0.4, 0.5) is 0 Å². The fourth-order valence-corrected chi connectivity index (χ4v) is 1.21. The summed E-state index contributed by atoms with van der Waals surface area (Å²) >= 11 is 5.79. The van der Waals surface area contributed by atoms with Gasteiger partial charge in [-0.05, 0) is 12.1 Å². The minimum atomic E-state index is 0.363. The van der Waals surface area contributed by atoms with Crippen molar-refractivity contribution in [2.24, 2.45) is 5.73 Å². The van der Waals surface area contributed by atoms with Crippen molar-refractivity contribution in [3.63, 3.8) is 0 Å². The van der Waals surface area contributed by atoms with Crippen molar-refractivity contribution in [2.45, 2.75) is 6.54 Å². The number of halogens is 1. The van der Waals surface area contributed by atoms with Crippen molar-refractivity contribution >= 4 is 17.2 Å². The Hall–Kier alpha value is -1.13. The summed E-state index contributed by atoms with van der Waals surface area (Å²) in [7, 11) is 0. The van der Waals surface area contributed by atoms with Crippen LogP contribution >= 0.6 is 11.6 Å². The Bertz CT molecular complexity index is 409. The standard InChI is InChI=1S/C7H7ClN4/c8-5-1-2-6-10-11-7(3-9)12(6)4-5/h1-2,4H,3,9H2. The topological polar surface area (TPSA) is 56.2 Å². The van der Waals surface area contributed by atoms with Gasteiger partial charge in [-0.3, -0.25) is 4.40 Å². The quantitative estimate of drug-likeness (QED) is 0.711. The molecule has 0 saturated heterocycles. The second-order valence-electron chi connectivity index (χ2n) is 2.40. The molecule has 4 nitrogen and oxygen atoms in total. The lowest BCUT2D eigenvalue weighted by Crippen LogP contribution is -2.02. The van der Waals surface area contributed by atoms with Gasteiger partial charge in [-0.1, -0.05) is 11.6 Å². The number of hydrogen-bond donors (Lipinski definition) is 1. The number of aromatic nitrogens is 3. The van der Waals surface area contributed by atoms with Crippen LogP contribution in [-0.4, -0.2) is 14.6 Å². The Morgan fingerprint density at radius 2 is 2.25 bits per heavy atom. The summed E-state index contributed by atoms with van der Waals surface area (Å²) in [6.07, 6.45) is 1.75. The maximum atomic E-state index is 5.79. The van der Waals surface area contributed by atoms with Crippen molar-refractivity contribution in [1.82, 2.24) is 14.6 Å². The number of nitrogens with two attached hydrogens (primary N) is 1. The van der Waals surface area contributed by atoms with Crippen molar-refractivity contribution in [1.29, 1.82) is 0 Å². The van der Waals surface area contributed by atoms with Gasteiger partial charge in [0.25, 0.3) is 0 Å². The van der Waals surface area contributed by atoms with E-state index in [4.69, 9.17) is 17.3 Å². The molecule has 0 atom stereocenters. The zero-order valence-corrected chi connectivity index (χ0v) is 6.99. The molecular weight excluding hydrogens is 176 g/mol. The first-order valence-corrected chi connectivity index (χ1v) is 3.88. The number of fused-ring (bicyclic) bond motifs is 1. The van der Waals surface area contributed by atoms with E-state index in [0.717, 1.165) is 5.65 Å². The molecule has 0 bridgehead atoms. The molecule has 2 heterocycles. The Morgan fingerprint density at radius 1 is 1.42 bits per heavy atom. The van der Waals surface area contributed by atoms with E-state index in [9.17, 15) is 0 Å². The Labute approximate surface area is 74.0 Å². The van der Waals surface area contributed by atoms with Gasteiger partial charge in [0.15, 0.2) is 11.5 Å². The maximum absolute atomic E-state index is 5.79. The molecule has 0 saturated carbocycles. The van der Waals surface area contributed by atoms with E-state index in [1.54, 1.807) is 22.7 Å². The van der Waals surface area contributed by atoms with Gasteiger partial charge in [0.2, 0.25) is 0 Å². The lowest BCUT2D eigenvalue weighted by molar-refractivity contribution is 0.883. The van der Waals surface area contributed by atoms with E-state index in [1.165, 1.54) is 0 Å². The Kier molecular flexibility index (Phi) is 1.71. The second-order valence-corrected chi connectivity index (χ2v) is 2.83. The molecule has 12 heavy (non-hydrogen) atoms. The predicted octanol–water partition coefficient (Wildman–Crippen LogP) is 0.841. The normalized spacial score (nSPS) is 10.8. The van der Waals surface area contributed by atoms with Crippen LogP contribution in [0.15, 0.2) is 18.3 Å². The molecule has 0 radical (unpaired) electrons. The van der Waals surface area contributed by atoms with Crippen LogP contribution < -0.4 is 5.73 Å². The summed E-state index contributed by atoms with van der Waals surface area (Å²) in [5.41, 5.74) is 6.21. The lowest BCUT2D eigenvalue weighted by atomic mass is 10.4. The molecular formula is C7H7ClN4. The summed E-state index contributed by atoms with van der Waals surface area (Å²) in [6, 6.07) is 3.57. The second kappa shape index (κ2) is 2.73. The van der Waals surface area contributed by atoms with E-state index >= 15 is 0 Å². The highest BCUT2D eigenvalue weighted by molar-refractivity contribution is 6.30. The average molecular weight is 183 g/mol. The average Bonchev–Trinajstić information content (AvgIpc) is 2.46. The zero-order valence-electron chi connectivity index (χ0n) is 6.24. The van der Waals surface area contributed by atoms with E-state index in [1.807, 2.05) is 0 Å². The van der Waals surface area contributed by atoms with Gasteiger partial charge >= 0.3 is 0 Å². The van der Waals surface area contributed by atoms with Crippen molar-refractivity contribution in [2.75, 3.05) is 0 Å². The molecule has 2 N–H and O–H groups in total. The van der Waals surface area contributed by atoms with Crippen molar-refractivity contribution in [3.05, 3.63) is 29.2 Å². The minimum Gasteiger partial charge on any atom is -0.324 e. The van der Waals surface area contributed by atoms with Crippen LogP contribution in [0, 0.1) is 0 Å². The first-order chi connectivity index (χ1) is 5.81. The molecule has 62 valence electrons. The van der Waals surface area contributed by atoms with E-state index in [-0.39, 0.29) is 0 Å². The fraction of sp³-hybridized carbons (Fsp3) is 0.143. The molecule has 0 amide bonds. The van der Waals surface area contributed by atoms with Gasteiger partial charge < -0.3 is 5.73 Å². The minimum absolute atomic E-state index is 0.363. The summed E-state index contributed by atoms with van der Waals surface area (Å²) in [5.74, 6) is 0.715. The molecule has 0 unspecified atom stereocenters. The third-order valence-electron chi connectivity index (χ3n) is 1.62. The monoisotopic (exact) mass is 182 g/mol. The molecule has 0 aliphatic heterocycles.